The van der Waals surface area contributed by atoms with E-state index in [1.165, 1.54) is 0 Å². The zero-order chi connectivity index (χ0) is 17.7. The Bertz CT molecular complexity index is 840. The van der Waals surface area contributed by atoms with E-state index in [1.807, 2.05) is 0 Å². The molecular formula is C13H7F7O2S. The lowest BCUT2D eigenvalue weighted by Gasteiger charge is -2.30. The Morgan fingerprint density at radius 1 is 0.957 bits per heavy atom. The van der Waals surface area contributed by atoms with Crippen LogP contribution in [0.25, 0.3) is 0 Å². The van der Waals surface area contributed by atoms with E-state index in [4.69, 9.17) is 0 Å². The fourth-order valence-electron chi connectivity index (χ4n) is 2.10. The van der Waals surface area contributed by atoms with Crippen LogP contribution in [0.15, 0.2) is 46.4 Å². The molecule has 126 valence electrons. The zero-order valence-corrected chi connectivity index (χ0v) is 12.0. The van der Waals surface area contributed by atoms with Crippen LogP contribution < -0.4 is 0 Å². The molecule has 1 aromatic carbocycles. The van der Waals surface area contributed by atoms with E-state index in [0.29, 0.717) is 12.1 Å². The summed E-state index contributed by atoms with van der Waals surface area (Å²) in [5, 5.41) is -3.13. The van der Waals surface area contributed by atoms with E-state index in [0.717, 1.165) is 0 Å². The van der Waals surface area contributed by atoms with Crippen molar-refractivity contribution in [3.05, 3.63) is 53.1 Å². The summed E-state index contributed by atoms with van der Waals surface area (Å²) >= 11 is 0. The van der Waals surface area contributed by atoms with Gasteiger partial charge in [0.2, 0.25) is 0 Å². The minimum atomic E-state index is -5.24. The van der Waals surface area contributed by atoms with Crippen molar-refractivity contribution < 1.29 is 39.2 Å². The van der Waals surface area contributed by atoms with Crippen molar-refractivity contribution in [2.45, 2.75) is 22.7 Å². The van der Waals surface area contributed by atoms with E-state index < -0.39 is 60.6 Å². The van der Waals surface area contributed by atoms with E-state index in [-0.39, 0.29) is 13.0 Å². The lowest BCUT2D eigenvalue weighted by atomic mass is 9.95. The second-order valence-electron chi connectivity index (χ2n) is 4.87. The van der Waals surface area contributed by atoms with Gasteiger partial charge in [-0.1, -0.05) is 0 Å². The summed E-state index contributed by atoms with van der Waals surface area (Å²) in [5.41, 5.74) is -3.78. The number of hydrogen-bond donors (Lipinski definition) is 0. The standard InChI is InChI=1S/C13H7F7O2S/c1-13(20)11(19)9(17)8(16)10(18)12(13)23(21,22)5-2-3-6(14)7(15)4-5/h2-4,12H,1H3. The van der Waals surface area contributed by atoms with Gasteiger partial charge in [-0.25, -0.2) is 39.2 Å². The molecule has 1 aliphatic rings. The maximum absolute atomic E-state index is 14.3. The van der Waals surface area contributed by atoms with E-state index >= 15 is 0 Å². The van der Waals surface area contributed by atoms with Crippen molar-refractivity contribution in [1.29, 1.82) is 0 Å². The summed E-state index contributed by atoms with van der Waals surface area (Å²) in [7, 11) is -5.24. The van der Waals surface area contributed by atoms with Crippen LogP contribution in [0.3, 0.4) is 0 Å². The zero-order valence-electron chi connectivity index (χ0n) is 11.2. The van der Waals surface area contributed by atoms with Gasteiger partial charge in [-0.2, -0.15) is 0 Å². The average Bonchev–Trinajstić information content (AvgIpc) is 2.45. The molecule has 1 aliphatic carbocycles. The van der Waals surface area contributed by atoms with Crippen molar-refractivity contribution in [3.63, 3.8) is 0 Å². The number of benzene rings is 1. The van der Waals surface area contributed by atoms with Gasteiger partial charge in [0.05, 0.1) is 4.90 Å². The van der Waals surface area contributed by atoms with Gasteiger partial charge in [0, 0.05) is 0 Å². The third-order valence-corrected chi connectivity index (χ3v) is 5.46. The Balaban J connectivity index is 2.70. The third-order valence-electron chi connectivity index (χ3n) is 3.28. The number of halogens is 7. The van der Waals surface area contributed by atoms with E-state index in [9.17, 15) is 39.2 Å². The van der Waals surface area contributed by atoms with Crippen LogP contribution in [-0.4, -0.2) is 19.3 Å². The predicted molar refractivity (Wildman–Crippen MR) is 65.3 cm³/mol. The Kier molecular flexibility index (Phi) is 4.08. The SMILES string of the molecule is CC1(F)C(F)=C(F)C(F)=C(F)C1S(=O)(=O)c1ccc(F)c(F)c1. The molecule has 0 radical (unpaired) electrons. The monoisotopic (exact) mass is 360 g/mol. The van der Waals surface area contributed by atoms with Crippen LogP contribution in [0.4, 0.5) is 30.7 Å². The van der Waals surface area contributed by atoms with E-state index in [1.54, 1.807) is 0 Å². The van der Waals surface area contributed by atoms with Gasteiger partial charge < -0.3 is 0 Å². The highest BCUT2D eigenvalue weighted by atomic mass is 32.2. The van der Waals surface area contributed by atoms with Gasteiger partial charge >= 0.3 is 0 Å². The topological polar surface area (TPSA) is 34.1 Å². The molecule has 0 heterocycles. The second-order valence-corrected chi connectivity index (χ2v) is 6.90. The Hall–Kier alpha value is -1.84. The number of hydrogen-bond acceptors (Lipinski definition) is 2. The Morgan fingerprint density at radius 3 is 2.04 bits per heavy atom. The van der Waals surface area contributed by atoms with Crippen LogP contribution in [0, 0.1) is 11.6 Å². The number of rotatable bonds is 2. The summed E-state index contributed by atoms with van der Waals surface area (Å²) in [6.45, 7) is 0.191. The van der Waals surface area contributed by atoms with Crippen molar-refractivity contribution in [3.8, 4) is 0 Å². The Morgan fingerprint density at radius 2 is 1.52 bits per heavy atom. The highest BCUT2D eigenvalue weighted by Crippen LogP contribution is 2.47. The van der Waals surface area contributed by atoms with Crippen LogP contribution in [0.1, 0.15) is 6.92 Å². The first-order valence-corrected chi connectivity index (χ1v) is 7.46. The smallest absolute Gasteiger partial charge is 0.196 e. The summed E-state index contributed by atoms with van der Waals surface area (Å²) in [5.74, 6) is -13.0. The first-order chi connectivity index (χ1) is 10.4. The molecule has 0 saturated heterocycles. The van der Waals surface area contributed by atoms with Gasteiger partial charge in [-0.15, -0.1) is 0 Å². The molecular weight excluding hydrogens is 353 g/mol. The van der Waals surface area contributed by atoms with E-state index in [2.05, 4.69) is 0 Å². The highest BCUT2D eigenvalue weighted by molar-refractivity contribution is 7.92. The van der Waals surface area contributed by atoms with Gasteiger partial charge in [-0.05, 0) is 25.1 Å². The minimum absolute atomic E-state index is 0.0957. The average molecular weight is 360 g/mol. The summed E-state index contributed by atoms with van der Waals surface area (Å²) in [4.78, 5) is -1.12. The van der Waals surface area contributed by atoms with Crippen molar-refractivity contribution >= 4 is 9.84 Å². The number of sulfone groups is 1. The second kappa shape index (κ2) is 5.36. The summed E-state index contributed by atoms with van der Waals surface area (Å²) < 4.78 is 118. The third kappa shape index (κ3) is 2.54. The molecule has 0 amide bonds. The van der Waals surface area contributed by atoms with Gasteiger partial charge in [-0.3, -0.25) is 0 Å². The maximum Gasteiger partial charge on any atom is 0.196 e. The van der Waals surface area contributed by atoms with Crippen LogP contribution in [0.2, 0.25) is 0 Å². The number of allylic oxidation sites excluding steroid dienone is 3. The van der Waals surface area contributed by atoms with Crippen molar-refractivity contribution in [2.24, 2.45) is 0 Å². The lowest BCUT2D eigenvalue weighted by Crippen LogP contribution is -2.45. The molecule has 0 bridgehead atoms. The van der Waals surface area contributed by atoms with Gasteiger partial charge in [0.15, 0.2) is 55.7 Å². The molecule has 0 N–H and O–H groups in total. The first-order valence-electron chi connectivity index (χ1n) is 5.91. The lowest BCUT2D eigenvalue weighted by molar-refractivity contribution is 0.170. The van der Waals surface area contributed by atoms with Crippen LogP contribution in [-0.2, 0) is 9.84 Å². The normalized spacial score (nSPS) is 26.0. The Labute approximate surface area is 125 Å². The molecule has 1 aromatic rings. The fraction of sp³-hybridized carbons (Fsp3) is 0.231. The fourth-order valence-corrected chi connectivity index (χ4v) is 3.96. The largest absolute Gasteiger partial charge is 0.234 e. The molecule has 2 rings (SSSR count). The molecule has 0 fully saturated rings. The molecule has 23 heavy (non-hydrogen) atoms. The van der Waals surface area contributed by atoms with Crippen molar-refractivity contribution in [2.75, 3.05) is 0 Å². The molecule has 2 unspecified atom stereocenters. The minimum Gasteiger partial charge on any atom is -0.234 e. The first kappa shape index (κ1) is 17.5. The van der Waals surface area contributed by atoms with Crippen molar-refractivity contribution in [1.82, 2.24) is 0 Å². The highest BCUT2D eigenvalue weighted by Gasteiger charge is 2.56. The maximum atomic E-state index is 14.3. The molecule has 2 nitrogen and oxygen atoms in total. The van der Waals surface area contributed by atoms with Crippen LogP contribution >= 0.6 is 0 Å². The molecule has 0 saturated carbocycles. The quantitative estimate of drug-likeness (QED) is 0.587. The molecule has 2 atom stereocenters. The molecule has 10 heteroatoms. The van der Waals surface area contributed by atoms with Gasteiger partial charge in [0.1, 0.15) is 0 Å². The van der Waals surface area contributed by atoms with Gasteiger partial charge in [0.25, 0.3) is 0 Å². The number of alkyl halides is 1. The molecule has 0 spiro atoms. The predicted octanol–water partition coefficient (Wildman–Crippen LogP) is 4.15. The summed E-state index contributed by atoms with van der Waals surface area (Å²) in [6.07, 6.45) is 0. The molecule has 0 aliphatic heterocycles. The summed E-state index contributed by atoms with van der Waals surface area (Å²) in [6, 6.07) is 0.908. The van der Waals surface area contributed by atoms with Crippen LogP contribution in [0.5, 0.6) is 0 Å². The molecule has 0 aromatic heterocycles.